The molecule has 0 spiro atoms. The minimum atomic E-state index is 0. The highest BCUT2D eigenvalue weighted by Crippen LogP contribution is 2.30. The van der Waals surface area contributed by atoms with E-state index in [0.717, 1.165) is 25.4 Å². The number of hydrogen-bond acceptors (Lipinski definition) is 3. The first kappa shape index (κ1) is 15.5. The molecule has 1 aliphatic heterocycles. The average Bonchev–Trinajstić information content (AvgIpc) is 2.93. The third kappa shape index (κ3) is 4.87. The number of piperazine rings is 1. The van der Waals surface area contributed by atoms with E-state index in [1.54, 1.807) is 0 Å². The van der Waals surface area contributed by atoms with Gasteiger partial charge < -0.3 is 35.2 Å². The van der Waals surface area contributed by atoms with Crippen molar-refractivity contribution < 1.29 is 29.9 Å². The van der Waals surface area contributed by atoms with Gasteiger partial charge in [0.1, 0.15) is 0 Å². The Bertz CT molecular complexity index is 166. The van der Waals surface area contributed by atoms with Gasteiger partial charge in [-0.3, -0.25) is 4.90 Å². The van der Waals surface area contributed by atoms with E-state index < -0.39 is 0 Å². The van der Waals surface area contributed by atoms with E-state index in [2.05, 4.69) is 10.2 Å². The van der Waals surface area contributed by atoms with Crippen LogP contribution in [0.2, 0.25) is 0 Å². The summed E-state index contributed by atoms with van der Waals surface area (Å²) in [6.45, 7) is 4.95. The highest BCUT2D eigenvalue weighted by Gasteiger charge is 2.29. The first-order chi connectivity index (χ1) is 6.40. The van der Waals surface area contributed by atoms with Gasteiger partial charge in [-0.1, -0.05) is 0 Å². The summed E-state index contributed by atoms with van der Waals surface area (Å²) in [5.41, 5.74) is 0. The Kier molecular flexibility index (Phi) is 7.92. The Hall–Kier alpha value is 0.460. The van der Waals surface area contributed by atoms with Crippen LogP contribution in [-0.4, -0.2) is 48.8 Å². The summed E-state index contributed by atoms with van der Waals surface area (Å²) in [5, 5.41) is 12.3. The van der Waals surface area contributed by atoms with Crippen LogP contribution in [0.3, 0.4) is 0 Å². The van der Waals surface area contributed by atoms with Gasteiger partial charge in [-0.25, -0.2) is 0 Å². The molecule has 0 radical (unpaired) electrons. The molecule has 0 bridgehead atoms. The normalized spacial score (nSPS) is 26.6. The van der Waals surface area contributed by atoms with Gasteiger partial charge in [0.2, 0.25) is 0 Å². The van der Waals surface area contributed by atoms with Crippen molar-refractivity contribution >= 4 is 0 Å². The van der Waals surface area contributed by atoms with Gasteiger partial charge in [0.05, 0.1) is 0 Å². The Labute approximate surface area is 104 Å². The van der Waals surface area contributed by atoms with Crippen LogP contribution in [-0.2, 0) is 0 Å². The van der Waals surface area contributed by atoms with Crippen molar-refractivity contribution in [3.8, 4) is 0 Å². The first-order valence-electron chi connectivity index (χ1n) is 5.46. The number of hydrogen-bond donors (Lipinski definition) is 2. The van der Waals surface area contributed by atoms with Gasteiger partial charge in [0.15, 0.2) is 0 Å². The van der Waals surface area contributed by atoms with Crippen LogP contribution >= 0.6 is 0 Å². The summed E-state index contributed by atoms with van der Waals surface area (Å²) in [6.07, 6.45) is 3.78. The second kappa shape index (κ2) is 7.69. The van der Waals surface area contributed by atoms with Crippen molar-refractivity contribution in [2.24, 2.45) is 5.92 Å². The molecule has 15 heavy (non-hydrogen) atoms. The molecule has 0 aromatic carbocycles. The lowest BCUT2D eigenvalue weighted by atomic mass is 10.1. The summed E-state index contributed by atoms with van der Waals surface area (Å²) < 4.78 is 0. The molecule has 2 aliphatic rings. The summed E-state index contributed by atoms with van der Waals surface area (Å²) in [4.78, 5) is 2.56. The predicted octanol–water partition coefficient (Wildman–Crippen LogP) is -5.94. The highest BCUT2D eigenvalue weighted by molar-refractivity contribution is 4.85. The topological polar surface area (TPSA) is 35.5 Å². The minimum absolute atomic E-state index is 0. The predicted molar refractivity (Wildman–Crippen MR) is 52.7 cm³/mol. The van der Waals surface area contributed by atoms with Gasteiger partial charge in [0, 0.05) is 38.8 Å². The maximum Gasteiger partial charge on any atom is 0.0446 e. The number of halogens is 2. The van der Waals surface area contributed by atoms with Crippen molar-refractivity contribution in [3.05, 3.63) is 0 Å². The number of nitrogens with zero attached hydrogens (tertiary/aromatic N) is 1. The second-order valence-corrected chi connectivity index (χ2v) is 4.31. The van der Waals surface area contributed by atoms with Gasteiger partial charge in [-0.05, 0) is 25.2 Å². The summed E-state index contributed by atoms with van der Waals surface area (Å²) in [6, 6.07) is 0.583. The largest absolute Gasteiger partial charge is 1.00 e. The number of aliphatic hydroxyl groups is 1. The molecule has 0 aromatic heterocycles. The molecule has 1 unspecified atom stereocenters. The lowest BCUT2D eigenvalue weighted by molar-refractivity contribution is -0.00100. The molecule has 1 aliphatic carbocycles. The quantitative estimate of drug-likeness (QED) is 0.525. The molecule has 1 saturated heterocycles. The van der Waals surface area contributed by atoms with Crippen LogP contribution in [0.4, 0.5) is 0 Å². The molecular formula is C10H20Cl2N2O-2. The van der Waals surface area contributed by atoms with Crippen LogP contribution < -0.4 is 30.1 Å². The molecule has 1 saturated carbocycles. The van der Waals surface area contributed by atoms with E-state index in [4.69, 9.17) is 5.11 Å². The smallest absolute Gasteiger partial charge is 0.0446 e. The minimum Gasteiger partial charge on any atom is -1.00 e. The van der Waals surface area contributed by atoms with Crippen LogP contribution in [0.5, 0.6) is 0 Å². The second-order valence-electron chi connectivity index (χ2n) is 4.31. The third-order valence-corrected chi connectivity index (χ3v) is 3.12. The maximum absolute atomic E-state index is 8.93. The number of rotatable bonds is 4. The molecule has 5 heteroatoms. The molecular weight excluding hydrogens is 235 g/mol. The van der Waals surface area contributed by atoms with Crippen LogP contribution in [0.25, 0.3) is 0 Å². The molecule has 1 atom stereocenters. The number of nitrogens with one attached hydrogen (secondary N) is 1. The van der Waals surface area contributed by atoms with Crippen LogP contribution in [0, 0.1) is 5.92 Å². The number of aliphatic hydroxyl groups excluding tert-OH is 1. The zero-order valence-electron chi connectivity index (χ0n) is 8.96. The molecule has 2 fully saturated rings. The molecule has 0 aromatic rings. The van der Waals surface area contributed by atoms with Crippen molar-refractivity contribution in [1.29, 1.82) is 0 Å². The van der Waals surface area contributed by atoms with E-state index in [9.17, 15) is 0 Å². The van der Waals surface area contributed by atoms with E-state index in [1.807, 2.05) is 0 Å². The molecule has 2 N–H and O–H groups in total. The molecule has 0 amide bonds. The molecule has 1 heterocycles. The lowest BCUT2D eigenvalue weighted by Gasteiger charge is -2.36. The van der Waals surface area contributed by atoms with Crippen LogP contribution in [0.15, 0.2) is 0 Å². The first-order valence-corrected chi connectivity index (χ1v) is 5.46. The monoisotopic (exact) mass is 254 g/mol. The fraction of sp³-hybridized carbons (Fsp3) is 1.00. The fourth-order valence-electron chi connectivity index (χ4n) is 2.11. The Balaban J connectivity index is 0.000000980. The Morgan fingerprint density at radius 2 is 2.00 bits per heavy atom. The van der Waals surface area contributed by atoms with Crippen LogP contribution in [0.1, 0.15) is 19.3 Å². The molecule has 2 rings (SSSR count). The maximum atomic E-state index is 8.93. The van der Waals surface area contributed by atoms with Gasteiger partial charge in [-0.15, -0.1) is 0 Å². The van der Waals surface area contributed by atoms with Crippen molar-refractivity contribution in [2.45, 2.75) is 25.3 Å². The van der Waals surface area contributed by atoms with E-state index in [-0.39, 0.29) is 24.8 Å². The van der Waals surface area contributed by atoms with Gasteiger partial charge in [0.25, 0.3) is 0 Å². The SMILES string of the molecule is OCCC1CNCCN1CC1CC1.[Cl-].[Cl-]. The standard InChI is InChI=1S/C10H20N2O.2ClH/c13-6-3-10-7-11-4-5-12(10)8-9-1-2-9;;/h9-11,13H,1-8H2;2*1H/p-2. The van der Waals surface area contributed by atoms with Crippen molar-refractivity contribution in [2.75, 3.05) is 32.8 Å². The lowest BCUT2D eigenvalue weighted by Crippen LogP contribution is -3.00. The zero-order valence-corrected chi connectivity index (χ0v) is 10.5. The summed E-state index contributed by atoms with van der Waals surface area (Å²) in [7, 11) is 0. The van der Waals surface area contributed by atoms with E-state index >= 15 is 0 Å². The summed E-state index contributed by atoms with van der Waals surface area (Å²) in [5.74, 6) is 0.972. The van der Waals surface area contributed by atoms with Gasteiger partial charge in [-0.2, -0.15) is 0 Å². The van der Waals surface area contributed by atoms with E-state index in [1.165, 1.54) is 25.9 Å². The third-order valence-electron chi connectivity index (χ3n) is 3.12. The average molecular weight is 255 g/mol. The Morgan fingerprint density at radius 1 is 1.27 bits per heavy atom. The fourth-order valence-corrected chi connectivity index (χ4v) is 2.11. The molecule has 3 nitrogen and oxygen atoms in total. The zero-order chi connectivity index (χ0) is 9.10. The van der Waals surface area contributed by atoms with Gasteiger partial charge >= 0.3 is 0 Å². The van der Waals surface area contributed by atoms with Crippen molar-refractivity contribution in [1.82, 2.24) is 10.2 Å². The van der Waals surface area contributed by atoms with Crippen molar-refractivity contribution in [3.63, 3.8) is 0 Å². The Morgan fingerprint density at radius 3 is 2.60 bits per heavy atom. The highest BCUT2D eigenvalue weighted by atomic mass is 35.5. The molecule has 92 valence electrons. The summed E-state index contributed by atoms with van der Waals surface area (Å²) >= 11 is 0. The van der Waals surface area contributed by atoms with E-state index in [0.29, 0.717) is 12.6 Å².